The van der Waals surface area contributed by atoms with Gasteiger partial charge in [-0.05, 0) is 22.9 Å². The second kappa shape index (κ2) is 5.62. The molecular formula is C19H22NO4S2+. The highest BCUT2D eigenvalue weighted by molar-refractivity contribution is 7.12. The van der Waals surface area contributed by atoms with Gasteiger partial charge < -0.3 is 19.1 Å². The second-order valence-corrected chi connectivity index (χ2v) is 8.66. The van der Waals surface area contributed by atoms with Crippen LogP contribution < -0.4 is 0 Å². The summed E-state index contributed by atoms with van der Waals surface area (Å²) in [4.78, 5) is 14.0. The number of epoxide rings is 1. The van der Waals surface area contributed by atoms with E-state index >= 15 is 0 Å². The number of carbonyl (C=O) groups excluding carboxylic acids is 1. The van der Waals surface area contributed by atoms with Crippen LogP contribution in [0.25, 0.3) is 0 Å². The van der Waals surface area contributed by atoms with E-state index in [1.165, 1.54) is 7.05 Å². The van der Waals surface area contributed by atoms with E-state index in [4.69, 9.17) is 19.1 Å². The minimum Gasteiger partial charge on any atom is -0.459 e. The molecule has 7 heteroatoms. The Kier molecular flexibility index (Phi) is 2.36. The molecule has 5 heterocycles. The molecule has 0 aliphatic carbocycles. The Labute approximate surface area is 170 Å². The third-order valence-corrected chi connectivity index (χ3v) is 7.10. The molecule has 3 aliphatic rings. The zero-order chi connectivity index (χ0) is 24.3. The molecule has 2 aromatic rings. The lowest BCUT2D eigenvalue weighted by atomic mass is 9.95. The summed E-state index contributed by atoms with van der Waals surface area (Å²) in [5, 5.41) is 14.9. The van der Waals surface area contributed by atoms with Crippen molar-refractivity contribution < 1.29 is 33.5 Å². The molecule has 5 nitrogen and oxygen atoms in total. The van der Waals surface area contributed by atoms with E-state index in [-0.39, 0.29) is 0 Å². The number of piperidine rings is 1. The summed E-state index contributed by atoms with van der Waals surface area (Å²) < 4.78 is 69.1. The molecule has 1 N–H and O–H groups in total. The van der Waals surface area contributed by atoms with Gasteiger partial charge in [0.1, 0.15) is 30.3 Å². The Morgan fingerprint density at radius 1 is 1.31 bits per heavy atom. The first-order valence-electron chi connectivity index (χ1n) is 11.7. The van der Waals surface area contributed by atoms with Gasteiger partial charge in [-0.1, -0.05) is 12.1 Å². The Morgan fingerprint density at radius 3 is 2.35 bits per heavy atom. The summed E-state index contributed by atoms with van der Waals surface area (Å²) in [7, 11) is 1.18. The Morgan fingerprint density at radius 2 is 1.88 bits per heavy atom. The van der Waals surface area contributed by atoms with Crippen LogP contribution in [0.2, 0.25) is 0 Å². The Bertz CT molecular complexity index is 1050. The van der Waals surface area contributed by atoms with Crippen molar-refractivity contribution in [2.75, 3.05) is 14.0 Å². The lowest BCUT2D eigenvalue weighted by molar-refractivity contribution is -0.938. The quantitative estimate of drug-likeness (QED) is 0.487. The van der Waals surface area contributed by atoms with E-state index in [0.29, 0.717) is 9.75 Å². The Hall–Kier alpha value is -1.25. The van der Waals surface area contributed by atoms with Crippen molar-refractivity contribution in [3.8, 4) is 0 Å². The number of hydrogen-bond acceptors (Lipinski definition) is 6. The van der Waals surface area contributed by atoms with Gasteiger partial charge in [-0.25, -0.2) is 4.79 Å². The van der Waals surface area contributed by atoms with Crippen LogP contribution in [0.4, 0.5) is 0 Å². The highest BCUT2D eigenvalue weighted by atomic mass is 32.1. The number of aliphatic hydroxyl groups is 1. The molecule has 3 saturated heterocycles. The summed E-state index contributed by atoms with van der Waals surface area (Å²) in [6.07, 6.45) is -6.53. The molecule has 26 heavy (non-hydrogen) atoms. The fourth-order valence-electron chi connectivity index (χ4n) is 3.69. The number of ether oxygens (including phenoxy) is 2. The van der Waals surface area contributed by atoms with Crippen molar-refractivity contribution in [1.29, 1.82) is 0 Å². The average molecular weight is 400 g/mol. The van der Waals surface area contributed by atoms with Gasteiger partial charge in [0.25, 0.3) is 0 Å². The zero-order valence-electron chi connectivity index (χ0n) is 20.9. The third-order valence-electron chi connectivity index (χ3n) is 5.14. The van der Waals surface area contributed by atoms with Crippen LogP contribution >= 0.6 is 22.7 Å². The molecular weight excluding hydrogens is 370 g/mol. The molecule has 0 radical (unpaired) electrons. The van der Waals surface area contributed by atoms with E-state index in [1.54, 1.807) is 35.0 Å². The SMILES string of the molecule is [2H]C12OC1([2H])C1([2H])CC(OC(=O)C(O)(c3cccs3)c3cccs3)CC2([2H])[N+]1(C)C([2H])([2H])[2H]. The minimum atomic E-state index is -2.88. The molecule has 2 bridgehead atoms. The van der Waals surface area contributed by atoms with Gasteiger partial charge in [-0.3, -0.25) is 0 Å². The third kappa shape index (κ3) is 2.28. The summed E-state index contributed by atoms with van der Waals surface area (Å²) in [5.74, 6) is -1.01. The molecule has 4 atom stereocenters. The number of nitrogens with zero attached hydrogens (tertiary/aromatic N) is 1. The van der Waals surface area contributed by atoms with Gasteiger partial charge in [0.15, 0.2) is 0 Å². The van der Waals surface area contributed by atoms with Crippen LogP contribution in [0.1, 0.15) is 32.2 Å². The largest absolute Gasteiger partial charge is 0.459 e. The van der Waals surface area contributed by atoms with Crippen LogP contribution in [0, 0.1) is 0 Å². The topological polar surface area (TPSA) is 59.1 Å². The van der Waals surface area contributed by atoms with E-state index in [0.717, 1.165) is 22.7 Å². The first kappa shape index (κ1) is 10.9. The number of quaternary nitrogens is 1. The smallest absolute Gasteiger partial charge is 0.349 e. The molecule has 5 rings (SSSR count). The molecule has 3 fully saturated rings. The molecule has 2 aromatic heterocycles. The number of morpholine rings is 1. The number of hydrogen-bond donors (Lipinski definition) is 1. The van der Waals surface area contributed by atoms with E-state index in [9.17, 15) is 9.90 Å². The first-order valence-corrected chi connectivity index (χ1v) is 9.97. The lowest BCUT2D eigenvalue weighted by Gasteiger charge is -2.45. The predicted molar refractivity (Wildman–Crippen MR) is 99.1 cm³/mol. The number of rotatable bonds is 4. The number of carbonyl (C=O) groups is 1. The van der Waals surface area contributed by atoms with Gasteiger partial charge in [-0.2, -0.15) is 0 Å². The molecule has 3 aliphatic heterocycles. The van der Waals surface area contributed by atoms with Crippen LogP contribution in [0.5, 0.6) is 0 Å². The van der Waals surface area contributed by atoms with Crippen molar-refractivity contribution >= 4 is 28.6 Å². The number of fused-ring (bicyclic) bond motifs is 5. The lowest BCUT2D eigenvalue weighted by Crippen LogP contribution is -2.60. The maximum Gasteiger partial charge on any atom is 0.349 e. The highest BCUT2D eigenvalue weighted by Gasteiger charge is 2.71. The van der Waals surface area contributed by atoms with Crippen LogP contribution in [-0.4, -0.2) is 59.9 Å². The molecule has 0 spiro atoms. The maximum absolute atomic E-state index is 13.4. The summed E-state index contributed by atoms with van der Waals surface area (Å²) in [6, 6.07) is 2.02. The standard InChI is InChI=1S/C19H22NO4S2/c1-20(2)12-9-11(10-13(20)17-16(12)24-17)23-18(21)19(22,14-5-3-7-25-14)15-6-4-8-26-15/h3-8,11-13,16-17,22H,9-10H2,1-2H3/q+1/i1D3,12D,13D,16D,17D. The van der Waals surface area contributed by atoms with E-state index in [1.807, 2.05) is 0 Å². The van der Waals surface area contributed by atoms with Crippen molar-refractivity contribution in [2.45, 2.75) is 48.7 Å². The van der Waals surface area contributed by atoms with Crippen LogP contribution in [0.3, 0.4) is 0 Å². The molecule has 0 saturated carbocycles. The summed E-state index contributed by atoms with van der Waals surface area (Å²) >= 11 is 2.33. The maximum atomic E-state index is 13.4. The molecule has 4 unspecified atom stereocenters. The van der Waals surface area contributed by atoms with Gasteiger partial charge in [0.05, 0.1) is 33.4 Å². The van der Waals surface area contributed by atoms with Gasteiger partial charge in [0.2, 0.25) is 5.60 Å². The summed E-state index contributed by atoms with van der Waals surface area (Å²) in [5.41, 5.74) is -2.11. The first-order chi connectivity index (χ1) is 15.1. The number of likely N-dealkylation sites (N-methyl/N-ethyl adjacent to an activating group) is 1. The average Bonchev–Trinajstić information content (AvgIpc) is 3.21. The van der Waals surface area contributed by atoms with Crippen molar-refractivity contribution in [2.24, 2.45) is 0 Å². The highest BCUT2D eigenvalue weighted by Crippen LogP contribution is 2.52. The van der Waals surface area contributed by atoms with E-state index < -0.39 is 66.2 Å². The van der Waals surface area contributed by atoms with Crippen molar-refractivity contribution in [3.63, 3.8) is 0 Å². The van der Waals surface area contributed by atoms with Crippen molar-refractivity contribution in [3.05, 3.63) is 44.8 Å². The predicted octanol–water partition coefficient (Wildman–Crippen LogP) is 2.35. The number of thiophene rings is 2. The second-order valence-electron chi connectivity index (χ2n) is 6.76. The zero-order valence-corrected chi connectivity index (χ0v) is 15.5. The van der Waals surface area contributed by atoms with Gasteiger partial charge in [0, 0.05) is 12.8 Å². The van der Waals surface area contributed by atoms with Crippen LogP contribution in [0.15, 0.2) is 35.0 Å². The van der Waals surface area contributed by atoms with E-state index in [2.05, 4.69) is 0 Å². The molecule has 138 valence electrons. The van der Waals surface area contributed by atoms with Gasteiger partial charge >= 0.3 is 5.97 Å². The monoisotopic (exact) mass is 399 g/mol. The normalized spacial score (nSPS) is 53.8. The Balaban J connectivity index is 1.52. The minimum absolute atomic E-state index is 0.332. The fraction of sp³-hybridized carbons (Fsp3) is 0.526. The van der Waals surface area contributed by atoms with Gasteiger partial charge in [-0.15, -0.1) is 22.7 Å². The number of esters is 1. The fourth-order valence-corrected chi connectivity index (χ4v) is 5.41. The van der Waals surface area contributed by atoms with Crippen molar-refractivity contribution in [1.82, 2.24) is 0 Å². The molecule has 0 amide bonds. The molecule has 0 aromatic carbocycles. The van der Waals surface area contributed by atoms with Crippen LogP contribution in [-0.2, 0) is 19.9 Å². The summed E-state index contributed by atoms with van der Waals surface area (Å²) in [6.45, 7) is -2.88.